The Labute approximate surface area is 185 Å². The van der Waals surface area contributed by atoms with Crippen molar-refractivity contribution in [3.8, 4) is 0 Å². The van der Waals surface area contributed by atoms with Gasteiger partial charge in [-0.1, -0.05) is 51.8 Å². The van der Waals surface area contributed by atoms with Crippen molar-refractivity contribution in [2.24, 2.45) is 0 Å². The van der Waals surface area contributed by atoms with Crippen LogP contribution in [0.1, 0.15) is 16.7 Å². The van der Waals surface area contributed by atoms with Gasteiger partial charge in [-0.3, -0.25) is 9.10 Å². The lowest BCUT2D eigenvalue weighted by atomic mass is 10.1. The summed E-state index contributed by atoms with van der Waals surface area (Å²) >= 11 is 3.36. The van der Waals surface area contributed by atoms with Crippen LogP contribution in [0.15, 0.2) is 76.1 Å². The van der Waals surface area contributed by atoms with Crippen molar-refractivity contribution in [2.75, 3.05) is 16.2 Å². The Morgan fingerprint density at radius 3 is 2.07 bits per heavy atom. The molecule has 0 heterocycles. The molecule has 0 unspecified atom stereocenters. The maximum absolute atomic E-state index is 13.3. The van der Waals surface area contributed by atoms with Crippen LogP contribution in [-0.4, -0.2) is 20.9 Å². The first-order valence-corrected chi connectivity index (χ1v) is 11.6. The van der Waals surface area contributed by atoms with Crippen molar-refractivity contribution >= 4 is 43.2 Å². The van der Waals surface area contributed by atoms with Gasteiger partial charge in [0.1, 0.15) is 6.54 Å². The monoisotopic (exact) mass is 486 g/mol. The minimum absolute atomic E-state index is 0.128. The van der Waals surface area contributed by atoms with Crippen molar-refractivity contribution in [1.29, 1.82) is 0 Å². The molecule has 0 fully saturated rings. The molecule has 3 rings (SSSR count). The molecule has 0 saturated heterocycles. The van der Waals surface area contributed by atoms with E-state index >= 15 is 0 Å². The van der Waals surface area contributed by atoms with Gasteiger partial charge >= 0.3 is 0 Å². The zero-order valence-electron chi connectivity index (χ0n) is 17.0. The average molecular weight is 487 g/mol. The molecule has 7 heteroatoms. The summed E-state index contributed by atoms with van der Waals surface area (Å²) in [6.45, 7) is 5.49. The molecular weight excluding hydrogens is 464 g/mol. The van der Waals surface area contributed by atoms with Crippen molar-refractivity contribution in [2.45, 2.75) is 25.7 Å². The third-order valence-electron chi connectivity index (χ3n) is 4.67. The van der Waals surface area contributed by atoms with E-state index in [0.29, 0.717) is 11.4 Å². The number of anilines is 2. The SMILES string of the molecule is Cc1cc(C)c(NC(=O)CN(c2ccc(Br)cc2)S(=O)(=O)c2ccccc2)c(C)c1. The first-order valence-electron chi connectivity index (χ1n) is 9.39. The summed E-state index contributed by atoms with van der Waals surface area (Å²) in [4.78, 5) is 13.0. The first kappa shape index (κ1) is 22.1. The Morgan fingerprint density at radius 2 is 1.50 bits per heavy atom. The number of benzene rings is 3. The lowest BCUT2D eigenvalue weighted by Gasteiger charge is -2.24. The van der Waals surface area contributed by atoms with Crippen LogP contribution < -0.4 is 9.62 Å². The molecule has 5 nitrogen and oxygen atoms in total. The van der Waals surface area contributed by atoms with E-state index in [2.05, 4.69) is 21.2 Å². The van der Waals surface area contributed by atoms with Crippen molar-refractivity contribution < 1.29 is 13.2 Å². The molecule has 0 bridgehead atoms. The van der Waals surface area contributed by atoms with E-state index < -0.39 is 15.9 Å². The Hall–Kier alpha value is -2.64. The second kappa shape index (κ2) is 9.02. The normalized spacial score (nSPS) is 11.2. The Kier molecular flexibility index (Phi) is 6.63. The quantitative estimate of drug-likeness (QED) is 0.519. The van der Waals surface area contributed by atoms with E-state index in [4.69, 9.17) is 0 Å². The molecule has 30 heavy (non-hydrogen) atoms. The van der Waals surface area contributed by atoms with E-state index in [1.807, 2.05) is 32.9 Å². The first-order chi connectivity index (χ1) is 14.2. The number of halogens is 1. The topological polar surface area (TPSA) is 66.5 Å². The third kappa shape index (κ3) is 4.91. The van der Waals surface area contributed by atoms with Gasteiger partial charge in [0.05, 0.1) is 10.6 Å². The van der Waals surface area contributed by atoms with Crippen LogP contribution in [0.5, 0.6) is 0 Å². The zero-order valence-corrected chi connectivity index (χ0v) is 19.4. The van der Waals surface area contributed by atoms with E-state index in [-0.39, 0.29) is 11.4 Å². The summed E-state index contributed by atoms with van der Waals surface area (Å²) < 4.78 is 28.6. The molecule has 0 radical (unpaired) electrons. The summed E-state index contributed by atoms with van der Waals surface area (Å²) in [6, 6.07) is 18.9. The van der Waals surface area contributed by atoms with Gasteiger partial charge in [-0.05, 0) is 68.3 Å². The van der Waals surface area contributed by atoms with Gasteiger partial charge < -0.3 is 5.32 Å². The average Bonchev–Trinajstić information content (AvgIpc) is 2.70. The number of nitrogens with zero attached hydrogens (tertiary/aromatic N) is 1. The molecule has 0 aliphatic rings. The summed E-state index contributed by atoms with van der Waals surface area (Å²) in [6.07, 6.45) is 0. The molecule has 0 atom stereocenters. The van der Waals surface area contributed by atoms with Gasteiger partial charge in [-0.2, -0.15) is 0 Å². The van der Waals surface area contributed by atoms with Crippen molar-refractivity contribution in [3.05, 3.63) is 87.9 Å². The van der Waals surface area contributed by atoms with Crippen LogP contribution in [0.2, 0.25) is 0 Å². The van der Waals surface area contributed by atoms with Gasteiger partial charge in [-0.15, -0.1) is 0 Å². The fourth-order valence-electron chi connectivity index (χ4n) is 3.33. The lowest BCUT2D eigenvalue weighted by Crippen LogP contribution is -2.38. The number of rotatable bonds is 6. The summed E-state index contributed by atoms with van der Waals surface area (Å²) in [7, 11) is -3.92. The van der Waals surface area contributed by atoms with Crippen LogP contribution in [0.3, 0.4) is 0 Å². The number of hydrogen-bond acceptors (Lipinski definition) is 3. The molecule has 156 valence electrons. The Morgan fingerprint density at radius 1 is 0.933 bits per heavy atom. The largest absolute Gasteiger partial charge is 0.324 e. The molecule has 0 saturated carbocycles. The molecule has 1 amide bonds. The van der Waals surface area contributed by atoms with Crippen LogP contribution in [-0.2, 0) is 14.8 Å². The predicted molar refractivity (Wildman–Crippen MR) is 124 cm³/mol. The van der Waals surface area contributed by atoms with Crippen LogP contribution in [0, 0.1) is 20.8 Å². The Balaban J connectivity index is 1.95. The fourth-order valence-corrected chi connectivity index (χ4v) is 5.04. The third-order valence-corrected chi connectivity index (χ3v) is 6.99. The van der Waals surface area contributed by atoms with E-state index in [0.717, 1.165) is 25.5 Å². The highest BCUT2D eigenvalue weighted by molar-refractivity contribution is 9.10. The second-order valence-corrected chi connectivity index (χ2v) is 9.90. The van der Waals surface area contributed by atoms with Crippen molar-refractivity contribution in [3.63, 3.8) is 0 Å². The molecule has 0 spiro atoms. The number of nitrogens with one attached hydrogen (secondary N) is 1. The highest BCUT2D eigenvalue weighted by atomic mass is 79.9. The van der Waals surface area contributed by atoms with E-state index in [1.165, 1.54) is 12.1 Å². The smallest absolute Gasteiger partial charge is 0.264 e. The van der Waals surface area contributed by atoms with Crippen LogP contribution in [0.4, 0.5) is 11.4 Å². The lowest BCUT2D eigenvalue weighted by molar-refractivity contribution is -0.114. The summed E-state index contributed by atoms with van der Waals surface area (Å²) in [5.41, 5.74) is 4.09. The molecule has 0 aromatic heterocycles. The fraction of sp³-hybridized carbons (Fsp3) is 0.174. The predicted octanol–water partition coefficient (Wildman–Crippen LogP) is 5.21. The number of amides is 1. The van der Waals surface area contributed by atoms with E-state index in [9.17, 15) is 13.2 Å². The molecule has 0 aliphatic carbocycles. The number of sulfonamides is 1. The van der Waals surface area contributed by atoms with Gasteiger partial charge in [0.2, 0.25) is 5.91 Å². The van der Waals surface area contributed by atoms with Crippen LogP contribution >= 0.6 is 15.9 Å². The second-order valence-electron chi connectivity index (χ2n) is 7.12. The maximum atomic E-state index is 13.3. The van der Waals surface area contributed by atoms with Gasteiger partial charge in [0.25, 0.3) is 10.0 Å². The summed E-state index contributed by atoms with van der Waals surface area (Å²) in [5, 5.41) is 2.89. The summed E-state index contributed by atoms with van der Waals surface area (Å²) in [5.74, 6) is -0.410. The maximum Gasteiger partial charge on any atom is 0.264 e. The number of carbonyl (C=O) groups excluding carboxylic acids is 1. The van der Waals surface area contributed by atoms with Gasteiger partial charge in [0, 0.05) is 10.2 Å². The molecule has 3 aromatic rings. The van der Waals surface area contributed by atoms with E-state index in [1.54, 1.807) is 42.5 Å². The standard InChI is InChI=1S/C23H23BrN2O3S/c1-16-13-17(2)23(18(3)14-16)25-22(27)15-26(20-11-9-19(24)10-12-20)30(28,29)21-7-5-4-6-8-21/h4-14H,15H2,1-3H3,(H,25,27). The highest BCUT2D eigenvalue weighted by Gasteiger charge is 2.27. The molecule has 0 aliphatic heterocycles. The minimum atomic E-state index is -3.92. The van der Waals surface area contributed by atoms with Crippen LogP contribution in [0.25, 0.3) is 0 Å². The number of hydrogen-bond donors (Lipinski definition) is 1. The van der Waals surface area contributed by atoms with Crippen molar-refractivity contribution in [1.82, 2.24) is 0 Å². The molecule has 1 N–H and O–H groups in total. The Bertz CT molecular complexity index is 1140. The zero-order chi connectivity index (χ0) is 21.9. The highest BCUT2D eigenvalue weighted by Crippen LogP contribution is 2.26. The number of aryl methyl sites for hydroxylation is 3. The minimum Gasteiger partial charge on any atom is -0.324 e. The molecule has 3 aromatic carbocycles. The molecular formula is C23H23BrN2O3S. The van der Waals surface area contributed by atoms with Gasteiger partial charge in [-0.25, -0.2) is 8.42 Å². The van der Waals surface area contributed by atoms with Gasteiger partial charge in [0.15, 0.2) is 0 Å². The number of carbonyl (C=O) groups is 1.